The zero-order valence-corrected chi connectivity index (χ0v) is 13.2. The van der Waals surface area contributed by atoms with Crippen molar-refractivity contribution in [2.75, 3.05) is 6.61 Å². The Morgan fingerprint density at radius 1 is 1.05 bits per heavy atom. The Bertz CT molecular complexity index is 626. The van der Waals surface area contributed by atoms with Crippen LogP contribution in [0.5, 0.6) is 5.75 Å². The second-order valence-corrected chi connectivity index (χ2v) is 5.71. The average Bonchev–Trinajstić information content (AvgIpc) is 2.53. The molecule has 2 aromatic rings. The number of benzene rings is 2. The van der Waals surface area contributed by atoms with Crippen molar-refractivity contribution in [3.05, 3.63) is 65.2 Å². The molecule has 4 nitrogen and oxygen atoms in total. The van der Waals surface area contributed by atoms with Crippen LogP contribution in [-0.2, 0) is 9.78 Å². The third kappa shape index (κ3) is 4.76. The van der Waals surface area contributed by atoms with Crippen LogP contribution >= 0.6 is 11.6 Å². The van der Waals surface area contributed by atoms with E-state index in [2.05, 4.69) is 0 Å². The highest BCUT2D eigenvalue weighted by atomic mass is 35.5. The van der Waals surface area contributed by atoms with E-state index in [1.54, 1.807) is 50.2 Å². The normalized spacial score (nSPS) is 11.0. The minimum Gasteiger partial charge on any atom is -0.489 e. The third-order valence-corrected chi connectivity index (χ3v) is 3.08. The largest absolute Gasteiger partial charge is 0.489 e. The minimum absolute atomic E-state index is 0.179. The molecule has 0 N–H and O–H groups in total. The van der Waals surface area contributed by atoms with Crippen molar-refractivity contribution in [3.8, 4) is 5.75 Å². The molecular weight excluding hydrogens is 304 g/mol. The molecule has 2 aromatic carbocycles. The topological polar surface area (TPSA) is 44.8 Å². The fourth-order valence-corrected chi connectivity index (χ4v) is 1.80. The molecule has 0 saturated carbocycles. The van der Waals surface area contributed by atoms with Crippen molar-refractivity contribution >= 4 is 17.6 Å². The maximum atomic E-state index is 11.8. The summed E-state index contributed by atoms with van der Waals surface area (Å²) in [6.45, 7) is 3.68. The van der Waals surface area contributed by atoms with E-state index >= 15 is 0 Å². The average molecular weight is 321 g/mol. The molecule has 0 heterocycles. The lowest BCUT2D eigenvalue weighted by molar-refractivity contribution is -0.311. The lowest BCUT2D eigenvalue weighted by atomic mass is 10.2. The first-order chi connectivity index (χ1) is 10.5. The molecule has 0 saturated heterocycles. The summed E-state index contributed by atoms with van der Waals surface area (Å²) in [5, 5.41) is 0.514. The summed E-state index contributed by atoms with van der Waals surface area (Å²) in [5.74, 6) is 0.00152. The van der Waals surface area contributed by atoms with Crippen molar-refractivity contribution in [2.24, 2.45) is 0 Å². The molecule has 116 valence electrons. The molecular formula is C17H17ClO4. The quantitative estimate of drug-likeness (QED) is 0.588. The van der Waals surface area contributed by atoms with Gasteiger partial charge in [-0.2, -0.15) is 4.89 Å². The van der Waals surface area contributed by atoms with E-state index in [0.29, 0.717) is 16.3 Å². The first kappa shape index (κ1) is 16.3. The van der Waals surface area contributed by atoms with Crippen molar-refractivity contribution in [2.45, 2.75) is 19.4 Å². The number of carbonyl (C=O) groups is 1. The molecule has 22 heavy (non-hydrogen) atoms. The number of hydrogen-bond acceptors (Lipinski definition) is 4. The molecule has 0 aliphatic heterocycles. The standard InChI is InChI=1S/C17H17ClO4/c1-17(2,12-20-15-11-7-6-10-14(15)18)22-21-16(19)13-8-4-3-5-9-13/h3-11H,12H2,1-2H3. The first-order valence-electron chi connectivity index (χ1n) is 6.80. The molecule has 5 heteroatoms. The summed E-state index contributed by atoms with van der Waals surface area (Å²) in [6.07, 6.45) is 0. The van der Waals surface area contributed by atoms with Crippen molar-refractivity contribution in [1.29, 1.82) is 0 Å². The third-order valence-electron chi connectivity index (χ3n) is 2.76. The fourth-order valence-electron chi connectivity index (χ4n) is 1.61. The van der Waals surface area contributed by atoms with E-state index in [0.717, 1.165) is 0 Å². The molecule has 0 spiro atoms. The first-order valence-corrected chi connectivity index (χ1v) is 7.18. The van der Waals surface area contributed by atoms with E-state index in [4.69, 9.17) is 26.1 Å². The predicted molar refractivity (Wildman–Crippen MR) is 84.0 cm³/mol. The van der Waals surface area contributed by atoms with Crippen LogP contribution in [0.4, 0.5) is 0 Å². The number of rotatable bonds is 6. The lowest BCUT2D eigenvalue weighted by Crippen LogP contribution is -2.33. The van der Waals surface area contributed by atoms with Crippen LogP contribution in [0.25, 0.3) is 0 Å². The van der Waals surface area contributed by atoms with Gasteiger partial charge in [-0.05, 0) is 38.1 Å². The van der Waals surface area contributed by atoms with Crippen LogP contribution in [-0.4, -0.2) is 18.2 Å². The molecule has 0 atom stereocenters. The summed E-state index contributed by atoms with van der Waals surface area (Å²) < 4.78 is 5.59. The molecule has 0 aliphatic rings. The van der Waals surface area contributed by atoms with Crippen LogP contribution in [0.15, 0.2) is 54.6 Å². The number of hydrogen-bond donors (Lipinski definition) is 0. The zero-order chi connectivity index (χ0) is 16.0. The van der Waals surface area contributed by atoms with Crippen LogP contribution in [0.1, 0.15) is 24.2 Å². The number of carbonyl (C=O) groups excluding carboxylic acids is 1. The Kier molecular flexibility index (Phi) is 5.41. The summed E-state index contributed by atoms with van der Waals surface area (Å²) in [5.41, 5.74) is -0.394. The fraction of sp³-hybridized carbons (Fsp3) is 0.235. The molecule has 0 amide bonds. The van der Waals surface area contributed by atoms with Gasteiger partial charge in [0, 0.05) is 0 Å². The summed E-state index contributed by atoms with van der Waals surface area (Å²) >= 11 is 6.01. The Labute approximate surface area is 134 Å². The smallest absolute Gasteiger partial charge is 0.373 e. The van der Waals surface area contributed by atoms with E-state index in [1.165, 1.54) is 0 Å². The Hall–Kier alpha value is -2.04. The van der Waals surface area contributed by atoms with Gasteiger partial charge in [-0.15, -0.1) is 0 Å². The van der Waals surface area contributed by atoms with Crippen LogP contribution < -0.4 is 4.74 Å². The van der Waals surface area contributed by atoms with Crippen LogP contribution in [0.3, 0.4) is 0 Å². The second kappa shape index (κ2) is 7.29. The second-order valence-electron chi connectivity index (χ2n) is 5.30. The van der Waals surface area contributed by atoms with Gasteiger partial charge in [-0.25, -0.2) is 4.79 Å². The highest BCUT2D eigenvalue weighted by Gasteiger charge is 2.24. The molecule has 0 fully saturated rings. The molecule has 0 unspecified atom stereocenters. The minimum atomic E-state index is -0.816. The van der Waals surface area contributed by atoms with E-state index in [9.17, 15) is 4.79 Å². The summed E-state index contributed by atoms with van der Waals surface area (Å²) in [7, 11) is 0. The number of para-hydroxylation sites is 1. The summed E-state index contributed by atoms with van der Waals surface area (Å²) in [4.78, 5) is 21.9. The Morgan fingerprint density at radius 3 is 2.36 bits per heavy atom. The molecule has 0 aromatic heterocycles. The van der Waals surface area contributed by atoms with Crippen LogP contribution in [0, 0.1) is 0 Å². The zero-order valence-electron chi connectivity index (χ0n) is 12.4. The molecule has 2 rings (SSSR count). The Balaban J connectivity index is 1.86. The maximum absolute atomic E-state index is 11.8. The molecule has 0 aliphatic carbocycles. The van der Waals surface area contributed by atoms with Gasteiger partial charge in [0.15, 0.2) is 0 Å². The maximum Gasteiger partial charge on any atom is 0.373 e. The van der Waals surface area contributed by atoms with Crippen molar-refractivity contribution in [3.63, 3.8) is 0 Å². The predicted octanol–water partition coefficient (Wildman–Crippen LogP) is 4.29. The number of ether oxygens (including phenoxy) is 1. The van der Waals surface area contributed by atoms with E-state index < -0.39 is 11.6 Å². The van der Waals surface area contributed by atoms with Crippen molar-refractivity contribution < 1.29 is 19.3 Å². The highest BCUT2D eigenvalue weighted by molar-refractivity contribution is 6.32. The van der Waals surface area contributed by atoms with Gasteiger partial charge >= 0.3 is 5.97 Å². The van der Waals surface area contributed by atoms with E-state index in [1.807, 2.05) is 18.2 Å². The van der Waals surface area contributed by atoms with Gasteiger partial charge in [-0.1, -0.05) is 41.9 Å². The van der Waals surface area contributed by atoms with Crippen LogP contribution in [0.2, 0.25) is 5.02 Å². The molecule has 0 radical (unpaired) electrons. The van der Waals surface area contributed by atoms with Gasteiger partial charge in [0.05, 0.1) is 10.6 Å². The lowest BCUT2D eigenvalue weighted by Gasteiger charge is -2.23. The van der Waals surface area contributed by atoms with Gasteiger partial charge in [0.25, 0.3) is 0 Å². The monoisotopic (exact) mass is 320 g/mol. The van der Waals surface area contributed by atoms with Gasteiger partial charge in [-0.3, -0.25) is 4.89 Å². The summed E-state index contributed by atoms with van der Waals surface area (Å²) in [6, 6.07) is 15.8. The van der Waals surface area contributed by atoms with Crippen molar-refractivity contribution in [1.82, 2.24) is 0 Å². The van der Waals surface area contributed by atoms with Gasteiger partial charge < -0.3 is 4.74 Å². The molecule has 0 bridgehead atoms. The van der Waals surface area contributed by atoms with Gasteiger partial charge in [0.2, 0.25) is 0 Å². The SMILES string of the molecule is CC(C)(COc1ccccc1Cl)OOC(=O)c1ccccc1. The van der Waals surface area contributed by atoms with Gasteiger partial charge in [0.1, 0.15) is 18.0 Å². The number of halogens is 1. The highest BCUT2D eigenvalue weighted by Crippen LogP contribution is 2.24. The Morgan fingerprint density at radius 2 is 1.68 bits per heavy atom. The van der Waals surface area contributed by atoms with E-state index in [-0.39, 0.29) is 6.61 Å².